The standard InChI is InChI=1S/C17H22N2O4/c1-3-19-10-12(8-15(19)20)17(23)18-14(9-16(21)22)13-7-5-4-6-11(13)2/h4-7,12,14H,3,8-10H2,1-2H3,(H,18,23)(H,21,22)/t12-,14+/m0/s1. The average Bonchev–Trinajstić information content (AvgIpc) is 2.88. The van der Waals surface area contributed by atoms with Crippen molar-refractivity contribution >= 4 is 17.8 Å². The van der Waals surface area contributed by atoms with Crippen LogP contribution in [0, 0.1) is 12.8 Å². The first kappa shape index (κ1) is 17.0. The van der Waals surface area contributed by atoms with Gasteiger partial charge in [0, 0.05) is 19.5 Å². The van der Waals surface area contributed by atoms with E-state index in [0.29, 0.717) is 13.1 Å². The summed E-state index contributed by atoms with van der Waals surface area (Å²) in [5.74, 6) is -1.68. The zero-order valence-corrected chi connectivity index (χ0v) is 13.4. The van der Waals surface area contributed by atoms with Gasteiger partial charge in [-0.3, -0.25) is 14.4 Å². The summed E-state index contributed by atoms with van der Waals surface area (Å²) in [6, 6.07) is 6.80. The van der Waals surface area contributed by atoms with E-state index in [1.165, 1.54) is 0 Å². The molecule has 0 bridgehead atoms. The van der Waals surface area contributed by atoms with Crippen LogP contribution in [0.4, 0.5) is 0 Å². The van der Waals surface area contributed by atoms with Gasteiger partial charge in [0.2, 0.25) is 11.8 Å². The molecule has 0 aliphatic carbocycles. The van der Waals surface area contributed by atoms with Gasteiger partial charge in [-0.2, -0.15) is 0 Å². The van der Waals surface area contributed by atoms with Crippen molar-refractivity contribution in [1.82, 2.24) is 10.2 Å². The molecule has 1 aromatic carbocycles. The molecule has 1 saturated heterocycles. The Morgan fingerprint density at radius 3 is 2.65 bits per heavy atom. The lowest BCUT2D eigenvalue weighted by Crippen LogP contribution is -2.36. The average molecular weight is 318 g/mol. The molecular formula is C17H22N2O4. The number of carbonyl (C=O) groups is 3. The summed E-state index contributed by atoms with van der Waals surface area (Å²) >= 11 is 0. The quantitative estimate of drug-likeness (QED) is 0.832. The number of aliphatic carboxylic acids is 1. The normalized spacial score (nSPS) is 18.8. The molecular weight excluding hydrogens is 296 g/mol. The zero-order chi connectivity index (χ0) is 17.0. The molecule has 124 valence electrons. The van der Waals surface area contributed by atoms with Gasteiger partial charge < -0.3 is 15.3 Å². The second-order valence-corrected chi connectivity index (χ2v) is 5.85. The highest BCUT2D eigenvalue weighted by Crippen LogP contribution is 2.23. The molecule has 1 heterocycles. The topological polar surface area (TPSA) is 86.7 Å². The van der Waals surface area contributed by atoms with E-state index in [-0.39, 0.29) is 24.7 Å². The number of hydrogen-bond donors (Lipinski definition) is 2. The molecule has 0 radical (unpaired) electrons. The summed E-state index contributed by atoms with van der Waals surface area (Å²) in [5, 5.41) is 11.9. The minimum atomic E-state index is -0.976. The Labute approximate surface area is 135 Å². The predicted octanol–water partition coefficient (Wildman–Crippen LogP) is 1.50. The number of hydrogen-bond acceptors (Lipinski definition) is 3. The van der Waals surface area contributed by atoms with Crippen molar-refractivity contribution in [2.75, 3.05) is 13.1 Å². The Morgan fingerprint density at radius 1 is 1.39 bits per heavy atom. The Bertz CT molecular complexity index is 614. The zero-order valence-electron chi connectivity index (χ0n) is 13.4. The van der Waals surface area contributed by atoms with Crippen LogP contribution >= 0.6 is 0 Å². The number of benzene rings is 1. The number of nitrogens with zero attached hydrogens (tertiary/aromatic N) is 1. The lowest BCUT2D eigenvalue weighted by atomic mass is 9.97. The summed E-state index contributed by atoms with van der Waals surface area (Å²) in [7, 11) is 0. The number of aryl methyl sites for hydroxylation is 1. The molecule has 6 nitrogen and oxygen atoms in total. The van der Waals surface area contributed by atoms with Crippen LogP contribution in [0.2, 0.25) is 0 Å². The summed E-state index contributed by atoms with van der Waals surface area (Å²) in [6.07, 6.45) is 0.00197. The predicted molar refractivity (Wildman–Crippen MR) is 84.7 cm³/mol. The van der Waals surface area contributed by atoms with Crippen LogP contribution in [0.5, 0.6) is 0 Å². The molecule has 0 aromatic heterocycles. The minimum Gasteiger partial charge on any atom is -0.481 e. The largest absolute Gasteiger partial charge is 0.481 e. The van der Waals surface area contributed by atoms with E-state index < -0.39 is 17.9 Å². The summed E-state index contributed by atoms with van der Waals surface area (Å²) in [5.41, 5.74) is 1.72. The monoisotopic (exact) mass is 318 g/mol. The molecule has 2 rings (SSSR count). The van der Waals surface area contributed by atoms with E-state index in [9.17, 15) is 14.4 Å². The van der Waals surface area contributed by atoms with Gasteiger partial charge in [-0.1, -0.05) is 24.3 Å². The second kappa shape index (κ2) is 7.26. The summed E-state index contributed by atoms with van der Waals surface area (Å²) < 4.78 is 0. The van der Waals surface area contributed by atoms with Crippen molar-refractivity contribution in [3.05, 3.63) is 35.4 Å². The van der Waals surface area contributed by atoms with Crippen molar-refractivity contribution < 1.29 is 19.5 Å². The molecule has 1 aromatic rings. The molecule has 1 aliphatic rings. The fourth-order valence-corrected chi connectivity index (χ4v) is 2.93. The maximum Gasteiger partial charge on any atom is 0.305 e. The van der Waals surface area contributed by atoms with E-state index in [2.05, 4.69) is 5.32 Å². The SMILES string of the molecule is CCN1C[C@@H](C(=O)N[C@H](CC(=O)O)c2ccccc2C)CC1=O. The number of carboxylic acid groups (broad SMARTS) is 1. The highest BCUT2D eigenvalue weighted by atomic mass is 16.4. The van der Waals surface area contributed by atoms with Gasteiger partial charge in [0.05, 0.1) is 18.4 Å². The lowest BCUT2D eigenvalue weighted by Gasteiger charge is -2.21. The van der Waals surface area contributed by atoms with Crippen LogP contribution in [0.15, 0.2) is 24.3 Å². The Hall–Kier alpha value is -2.37. The molecule has 2 amide bonds. The number of nitrogens with one attached hydrogen (secondary N) is 1. The Morgan fingerprint density at radius 2 is 2.09 bits per heavy atom. The summed E-state index contributed by atoms with van der Waals surface area (Å²) in [4.78, 5) is 37.0. The van der Waals surface area contributed by atoms with Crippen molar-refractivity contribution in [3.8, 4) is 0 Å². The van der Waals surface area contributed by atoms with Gasteiger partial charge >= 0.3 is 5.97 Å². The van der Waals surface area contributed by atoms with Crippen molar-refractivity contribution in [2.24, 2.45) is 5.92 Å². The highest BCUT2D eigenvalue weighted by Gasteiger charge is 2.34. The van der Waals surface area contributed by atoms with Crippen LogP contribution < -0.4 is 5.32 Å². The van der Waals surface area contributed by atoms with Crippen LogP contribution in [-0.4, -0.2) is 40.9 Å². The van der Waals surface area contributed by atoms with Crippen molar-refractivity contribution in [1.29, 1.82) is 0 Å². The van der Waals surface area contributed by atoms with Crippen LogP contribution in [0.1, 0.15) is 36.9 Å². The maximum atomic E-state index is 12.4. The second-order valence-electron chi connectivity index (χ2n) is 5.85. The first-order valence-corrected chi connectivity index (χ1v) is 7.77. The van der Waals surface area contributed by atoms with E-state index in [4.69, 9.17) is 5.11 Å². The van der Waals surface area contributed by atoms with Gasteiger partial charge in [-0.05, 0) is 25.0 Å². The maximum absolute atomic E-state index is 12.4. The van der Waals surface area contributed by atoms with Crippen molar-refractivity contribution in [2.45, 2.75) is 32.7 Å². The van der Waals surface area contributed by atoms with Gasteiger partial charge in [0.25, 0.3) is 0 Å². The molecule has 0 saturated carbocycles. The third-order valence-electron chi connectivity index (χ3n) is 4.23. The lowest BCUT2D eigenvalue weighted by molar-refractivity contribution is -0.138. The molecule has 23 heavy (non-hydrogen) atoms. The first-order valence-electron chi connectivity index (χ1n) is 7.77. The smallest absolute Gasteiger partial charge is 0.305 e. The molecule has 0 spiro atoms. The first-order chi connectivity index (χ1) is 10.9. The van der Waals surface area contributed by atoms with Crippen molar-refractivity contribution in [3.63, 3.8) is 0 Å². The number of carboxylic acids is 1. The number of amides is 2. The van der Waals surface area contributed by atoms with Gasteiger partial charge in [0.15, 0.2) is 0 Å². The van der Waals surface area contributed by atoms with E-state index in [1.54, 1.807) is 4.90 Å². The molecule has 2 atom stereocenters. The van der Waals surface area contributed by atoms with Gasteiger partial charge in [-0.15, -0.1) is 0 Å². The molecule has 6 heteroatoms. The molecule has 0 unspecified atom stereocenters. The van der Waals surface area contributed by atoms with Crippen LogP contribution in [-0.2, 0) is 14.4 Å². The fourth-order valence-electron chi connectivity index (χ4n) is 2.93. The van der Waals surface area contributed by atoms with Crippen LogP contribution in [0.3, 0.4) is 0 Å². The van der Waals surface area contributed by atoms with E-state index >= 15 is 0 Å². The highest BCUT2D eigenvalue weighted by molar-refractivity contribution is 5.89. The third kappa shape index (κ3) is 4.09. The Balaban J connectivity index is 2.12. The van der Waals surface area contributed by atoms with Crippen LogP contribution in [0.25, 0.3) is 0 Å². The van der Waals surface area contributed by atoms with E-state index in [0.717, 1.165) is 11.1 Å². The van der Waals surface area contributed by atoms with E-state index in [1.807, 2.05) is 38.1 Å². The van der Waals surface area contributed by atoms with Gasteiger partial charge in [0.1, 0.15) is 0 Å². The molecule has 2 N–H and O–H groups in total. The molecule has 1 fully saturated rings. The third-order valence-corrected chi connectivity index (χ3v) is 4.23. The summed E-state index contributed by atoms with van der Waals surface area (Å²) in [6.45, 7) is 4.74. The fraction of sp³-hybridized carbons (Fsp3) is 0.471. The number of rotatable bonds is 6. The number of likely N-dealkylation sites (tertiary alicyclic amines) is 1. The molecule has 1 aliphatic heterocycles. The number of carbonyl (C=O) groups excluding carboxylic acids is 2. The van der Waals surface area contributed by atoms with Gasteiger partial charge in [-0.25, -0.2) is 0 Å². The Kier molecular flexibility index (Phi) is 5.36. The minimum absolute atomic E-state index is 0.0293.